The highest BCUT2D eigenvalue weighted by Gasteiger charge is 2.22. The molecule has 7 heteroatoms. The van der Waals surface area contributed by atoms with Gasteiger partial charge in [-0.15, -0.1) is 24.8 Å². The lowest BCUT2D eigenvalue weighted by Crippen LogP contribution is -2.35. The summed E-state index contributed by atoms with van der Waals surface area (Å²) in [7, 11) is 0. The van der Waals surface area contributed by atoms with Crippen molar-refractivity contribution in [2.75, 3.05) is 18.5 Å². The summed E-state index contributed by atoms with van der Waals surface area (Å²) in [6.07, 6.45) is 3.24. The molecule has 1 unspecified atom stereocenters. The van der Waals surface area contributed by atoms with Gasteiger partial charge in [-0.3, -0.25) is 4.79 Å². The van der Waals surface area contributed by atoms with E-state index in [4.69, 9.17) is 0 Å². The smallest absolute Gasteiger partial charge is 0.241 e. The first-order valence-corrected chi connectivity index (χ1v) is 11.5. The average Bonchev–Trinajstić information content (AvgIpc) is 3.39. The number of hydrogen-bond donors (Lipinski definition) is 4. The molecule has 35 heavy (non-hydrogen) atoms. The molecule has 0 aliphatic carbocycles. The van der Waals surface area contributed by atoms with Crippen LogP contribution in [0.3, 0.4) is 0 Å². The van der Waals surface area contributed by atoms with Crippen LogP contribution in [0.5, 0.6) is 5.75 Å². The van der Waals surface area contributed by atoms with Gasteiger partial charge in [-0.2, -0.15) is 0 Å². The number of benzene rings is 3. The number of amides is 1. The van der Waals surface area contributed by atoms with Gasteiger partial charge in [0.2, 0.25) is 5.91 Å². The van der Waals surface area contributed by atoms with Crippen LogP contribution in [0.4, 0.5) is 5.69 Å². The lowest BCUT2D eigenvalue weighted by molar-refractivity contribution is -0.117. The number of aliphatic hydroxyl groups excluding tert-OH is 1. The maximum Gasteiger partial charge on any atom is 0.241 e. The number of anilines is 1. The van der Waals surface area contributed by atoms with Crippen molar-refractivity contribution in [3.63, 3.8) is 0 Å². The highest BCUT2D eigenvalue weighted by Crippen LogP contribution is 2.36. The first-order chi connectivity index (χ1) is 16.2. The molecule has 0 spiro atoms. The van der Waals surface area contributed by atoms with Gasteiger partial charge < -0.3 is 20.8 Å². The largest absolute Gasteiger partial charge is 0.508 e. The number of allylic oxidation sites excluding steroid dienone is 1. The molecule has 1 fully saturated rings. The Hall–Kier alpha value is -2.83. The minimum Gasteiger partial charge on any atom is -0.508 e. The Balaban J connectivity index is 0.00000216. The predicted octanol–water partition coefficient (Wildman–Crippen LogP) is 5.66. The van der Waals surface area contributed by atoms with Crippen LogP contribution in [-0.4, -0.2) is 35.3 Å². The monoisotopic (exact) mass is 514 g/mol. The molecule has 4 rings (SSSR count). The first kappa shape index (κ1) is 28.4. The normalized spacial score (nSPS) is 15.4. The zero-order valence-electron chi connectivity index (χ0n) is 19.4. The van der Waals surface area contributed by atoms with Crippen LogP contribution < -0.4 is 10.6 Å². The zero-order chi connectivity index (χ0) is 23.0. The minimum absolute atomic E-state index is 0. The number of carbonyl (C=O) groups excluding carboxylic acids is 1. The SMILES string of the molecule is Cl.Cl.O=C(Nc1ccc(/C(=C(/CCCO)c2ccccc2)c2ccc(O)cc2)cc1)C1CCCN1. The van der Waals surface area contributed by atoms with Gasteiger partial charge in [0.1, 0.15) is 5.75 Å². The van der Waals surface area contributed by atoms with Crippen molar-refractivity contribution in [1.82, 2.24) is 5.32 Å². The molecule has 1 aliphatic heterocycles. The van der Waals surface area contributed by atoms with Gasteiger partial charge in [0, 0.05) is 12.3 Å². The number of nitrogens with one attached hydrogen (secondary N) is 2. The van der Waals surface area contributed by atoms with E-state index in [1.54, 1.807) is 12.1 Å². The molecule has 3 aromatic rings. The van der Waals surface area contributed by atoms with Crippen LogP contribution in [0.25, 0.3) is 11.1 Å². The zero-order valence-corrected chi connectivity index (χ0v) is 21.1. The summed E-state index contributed by atoms with van der Waals surface area (Å²) < 4.78 is 0. The first-order valence-electron chi connectivity index (χ1n) is 11.5. The number of aliphatic hydroxyl groups is 1. The number of phenols is 1. The number of phenolic OH excluding ortho intramolecular Hbond substituents is 1. The fourth-order valence-electron chi connectivity index (χ4n) is 4.31. The molecule has 186 valence electrons. The number of halogens is 2. The van der Waals surface area contributed by atoms with Crippen LogP contribution in [-0.2, 0) is 4.79 Å². The Morgan fingerprint density at radius 3 is 2.09 bits per heavy atom. The highest BCUT2D eigenvalue weighted by molar-refractivity contribution is 5.99. The molecule has 0 radical (unpaired) electrons. The summed E-state index contributed by atoms with van der Waals surface area (Å²) >= 11 is 0. The molecule has 0 aromatic heterocycles. The summed E-state index contributed by atoms with van der Waals surface area (Å²) in [5, 5.41) is 25.6. The molecule has 1 saturated heterocycles. The van der Waals surface area contributed by atoms with E-state index in [-0.39, 0.29) is 49.1 Å². The Morgan fingerprint density at radius 2 is 1.51 bits per heavy atom. The topological polar surface area (TPSA) is 81.6 Å². The summed E-state index contributed by atoms with van der Waals surface area (Å²) in [6, 6.07) is 25.1. The minimum atomic E-state index is -0.125. The van der Waals surface area contributed by atoms with Gasteiger partial charge in [-0.05, 0) is 84.3 Å². The van der Waals surface area contributed by atoms with E-state index < -0.39 is 0 Å². The Morgan fingerprint density at radius 1 is 0.886 bits per heavy atom. The van der Waals surface area contributed by atoms with Crippen molar-refractivity contribution in [3.8, 4) is 5.75 Å². The number of aromatic hydroxyl groups is 1. The molecule has 0 bridgehead atoms. The van der Waals surface area contributed by atoms with Gasteiger partial charge in [-0.1, -0.05) is 54.6 Å². The van der Waals surface area contributed by atoms with E-state index in [1.165, 1.54) is 0 Å². The van der Waals surface area contributed by atoms with E-state index in [2.05, 4.69) is 22.8 Å². The molecule has 1 heterocycles. The number of rotatable bonds is 8. The molecule has 0 saturated carbocycles. The van der Waals surface area contributed by atoms with Crippen LogP contribution in [0, 0.1) is 0 Å². The second kappa shape index (κ2) is 13.9. The number of hydrogen-bond acceptors (Lipinski definition) is 4. The Labute approximate surface area is 219 Å². The van der Waals surface area contributed by atoms with Crippen LogP contribution in [0.1, 0.15) is 42.4 Å². The quantitative estimate of drug-likeness (QED) is 0.292. The van der Waals surface area contributed by atoms with E-state index in [0.29, 0.717) is 12.8 Å². The summed E-state index contributed by atoms with van der Waals surface area (Å²) in [4.78, 5) is 12.5. The number of carbonyl (C=O) groups is 1. The average molecular weight is 515 g/mol. The Kier molecular flexibility index (Phi) is 11.3. The standard InChI is InChI=1S/C28H30N2O3.2ClH/c31-19-5-8-25(20-6-2-1-3-7-20)27(22-12-16-24(32)17-13-22)21-10-14-23(15-11-21)30-28(33)26-9-4-18-29-26;;/h1-3,6-7,10-17,26,29,31-32H,4-5,8-9,18-19H2,(H,30,33);2*1H/b27-25+;;. The van der Waals surface area contributed by atoms with Gasteiger partial charge in [0.05, 0.1) is 6.04 Å². The van der Waals surface area contributed by atoms with Crippen LogP contribution in [0.2, 0.25) is 0 Å². The maximum absolute atomic E-state index is 12.5. The molecule has 1 atom stereocenters. The van der Waals surface area contributed by atoms with Gasteiger partial charge in [0.15, 0.2) is 0 Å². The third-order valence-electron chi connectivity index (χ3n) is 5.98. The lowest BCUT2D eigenvalue weighted by Gasteiger charge is -2.18. The van der Waals surface area contributed by atoms with Gasteiger partial charge >= 0.3 is 0 Å². The van der Waals surface area contributed by atoms with Gasteiger partial charge in [0.25, 0.3) is 0 Å². The Bertz CT molecular complexity index is 1100. The maximum atomic E-state index is 12.5. The van der Waals surface area contributed by atoms with Crippen molar-refractivity contribution in [3.05, 3.63) is 95.6 Å². The predicted molar refractivity (Wildman–Crippen MR) is 147 cm³/mol. The fourth-order valence-corrected chi connectivity index (χ4v) is 4.31. The van der Waals surface area contributed by atoms with E-state index in [9.17, 15) is 15.0 Å². The lowest BCUT2D eigenvalue weighted by atomic mass is 9.87. The third-order valence-corrected chi connectivity index (χ3v) is 5.98. The summed E-state index contributed by atoms with van der Waals surface area (Å²) in [6.45, 7) is 0.993. The van der Waals surface area contributed by atoms with Crippen molar-refractivity contribution in [2.24, 2.45) is 0 Å². The molecular formula is C28H32Cl2N2O3. The molecular weight excluding hydrogens is 483 g/mol. The fraction of sp³-hybridized carbons (Fsp3) is 0.250. The summed E-state index contributed by atoms with van der Waals surface area (Å²) in [5.74, 6) is 0.218. The van der Waals surface area contributed by atoms with Crippen molar-refractivity contribution in [2.45, 2.75) is 31.7 Å². The van der Waals surface area contributed by atoms with Crippen molar-refractivity contribution < 1.29 is 15.0 Å². The van der Waals surface area contributed by atoms with E-state index in [1.807, 2.05) is 54.6 Å². The van der Waals surface area contributed by atoms with Gasteiger partial charge in [-0.25, -0.2) is 0 Å². The van der Waals surface area contributed by atoms with Crippen molar-refractivity contribution in [1.29, 1.82) is 0 Å². The second-order valence-corrected chi connectivity index (χ2v) is 8.31. The molecule has 5 nitrogen and oxygen atoms in total. The molecule has 4 N–H and O–H groups in total. The van der Waals surface area contributed by atoms with E-state index in [0.717, 1.165) is 52.9 Å². The molecule has 1 aliphatic rings. The van der Waals surface area contributed by atoms with E-state index >= 15 is 0 Å². The van der Waals surface area contributed by atoms with Crippen LogP contribution >= 0.6 is 24.8 Å². The summed E-state index contributed by atoms with van der Waals surface area (Å²) in [5.41, 5.74) is 6.02. The molecule has 1 amide bonds. The van der Waals surface area contributed by atoms with Crippen molar-refractivity contribution >= 4 is 47.6 Å². The van der Waals surface area contributed by atoms with Crippen LogP contribution in [0.15, 0.2) is 78.9 Å². The second-order valence-electron chi connectivity index (χ2n) is 8.31. The molecule has 3 aromatic carbocycles. The third kappa shape index (κ3) is 7.33. The highest BCUT2D eigenvalue weighted by atomic mass is 35.5.